The molecule has 3 heterocycles. The van der Waals surface area contributed by atoms with Gasteiger partial charge in [0.15, 0.2) is 11.5 Å². The van der Waals surface area contributed by atoms with Gasteiger partial charge in [-0.2, -0.15) is 0 Å². The van der Waals surface area contributed by atoms with Gasteiger partial charge in [0.05, 0.1) is 5.69 Å². The largest absolute Gasteiger partial charge is 0.487 e. The Morgan fingerprint density at radius 1 is 1.13 bits per heavy atom. The standard InChI is InChI=1S/C23H19N3O4/c1-15-3-2-10-26-12-18(24-22(15)26)13-28-19-7-4-16(5-8-19)23(27)25-17-6-9-20-21(11-17)30-14-29-20/h2-12H,13-14H2,1H3,(H,25,27). The van der Waals surface area contributed by atoms with Crippen molar-refractivity contribution >= 4 is 17.2 Å². The van der Waals surface area contributed by atoms with Crippen LogP contribution in [0.2, 0.25) is 0 Å². The van der Waals surface area contributed by atoms with Gasteiger partial charge in [-0.25, -0.2) is 4.98 Å². The van der Waals surface area contributed by atoms with Crippen LogP contribution in [0, 0.1) is 6.92 Å². The highest BCUT2D eigenvalue weighted by Crippen LogP contribution is 2.34. The van der Waals surface area contributed by atoms with Gasteiger partial charge in [0.2, 0.25) is 6.79 Å². The molecule has 5 rings (SSSR count). The normalized spacial score (nSPS) is 12.2. The lowest BCUT2D eigenvalue weighted by Crippen LogP contribution is -2.11. The molecular formula is C23H19N3O4. The molecule has 7 heteroatoms. The topological polar surface area (TPSA) is 74.1 Å². The van der Waals surface area contributed by atoms with Gasteiger partial charge < -0.3 is 23.9 Å². The number of nitrogens with one attached hydrogen (secondary N) is 1. The van der Waals surface area contributed by atoms with Gasteiger partial charge in [0, 0.05) is 29.7 Å². The molecule has 0 saturated carbocycles. The van der Waals surface area contributed by atoms with Crippen LogP contribution in [0.5, 0.6) is 17.2 Å². The van der Waals surface area contributed by atoms with Gasteiger partial charge >= 0.3 is 0 Å². The van der Waals surface area contributed by atoms with Crippen LogP contribution in [0.3, 0.4) is 0 Å². The molecule has 2 aromatic carbocycles. The quantitative estimate of drug-likeness (QED) is 0.542. The second-order valence-electron chi connectivity index (χ2n) is 6.99. The maximum Gasteiger partial charge on any atom is 0.255 e. The molecule has 0 saturated heterocycles. The SMILES string of the molecule is Cc1cccn2cc(COc3ccc(C(=O)Nc4ccc5c(c4)OCO5)cc3)nc12. The Morgan fingerprint density at radius 2 is 1.97 bits per heavy atom. The fraction of sp³-hybridized carbons (Fsp3) is 0.130. The second-order valence-corrected chi connectivity index (χ2v) is 6.99. The summed E-state index contributed by atoms with van der Waals surface area (Å²) < 4.78 is 18.4. The number of fused-ring (bicyclic) bond motifs is 2. The maximum absolute atomic E-state index is 12.5. The van der Waals surface area contributed by atoms with E-state index in [1.807, 2.05) is 35.9 Å². The van der Waals surface area contributed by atoms with Crippen molar-refractivity contribution in [2.45, 2.75) is 13.5 Å². The first-order valence-electron chi connectivity index (χ1n) is 9.53. The van der Waals surface area contributed by atoms with E-state index in [1.54, 1.807) is 42.5 Å². The number of anilines is 1. The number of aryl methyl sites for hydroxylation is 1. The summed E-state index contributed by atoms with van der Waals surface area (Å²) in [6, 6.07) is 16.3. The zero-order valence-electron chi connectivity index (χ0n) is 16.3. The van der Waals surface area contributed by atoms with Gasteiger partial charge in [0.1, 0.15) is 18.0 Å². The maximum atomic E-state index is 12.5. The van der Waals surface area contributed by atoms with E-state index in [4.69, 9.17) is 14.2 Å². The summed E-state index contributed by atoms with van der Waals surface area (Å²) in [5, 5.41) is 2.86. The van der Waals surface area contributed by atoms with Crippen molar-refractivity contribution in [1.82, 2.24) is 9.38 Å². The average molecular weight is 401 g/mol. The number of benzene rings is 2. The van der Waals surface area contributed by atoms with E-state index in [0.29, 0.717) is 35.1 Å². The molecule has 0 atom stereocenters. The number of imidazole rings is 1. The summed E-state index contributed by atoms with van der Waals surface area (Å²) in [5.74, 6) is 1.76. The van der Waals surface area contributed by atoms with Crippen molar-refractivity contribution in [3.63, 3.8) is 0 Å². The highest BCUT2D eigenvalue weighted by Gasteiger charge is 2.15. The average Bonchev–Trinajstić information content (AvgIpc) is 3.39. The van der Waals surface area contributed by atoms with E-state index in [9.17, 15) is 4.79 Å². The predicted molar refractivity (Wildman–Crippen MR) is 111 cm³/mol. The van der Waals surface area contributed by atoms with E-state index in [1.165, 1.54) is 0 Å². The minimum Gasteiger partial charge on any atom is -0.487 e. The van der Waals surface area contributed by atoms with Crippen LogP contribution in [0.1, 0.15) is 21.6 Å². The zero-order valence-corrected chi connectivity index (χ0v) is 16.3. The molecule has 0 fully saturated rings. The lowest BCUT2D eigenvalue weighted by molar-refractivity contribution is 0.102. The fourth-order valence-electron chi connectivity index (χ4n) is 3.31. The second kappa shape index (κ2) is 7.44. The molecule has 0 spiro atoms. The predicted octanol–water partition coefficient (Wildman–Crippen LogP) is 4.20. The van der Waals surface area contributed by atoms with Gasteiger partial charge in [-0.05, 0) is 55.0 Å². The summed E-state index contributed by atoms with van der Waals surface area (Å²) in [5.41, 5.74) is 4.05. The number of carbonyl (C=O) groups excluding carboxylic acids is 1. The number of carbonyl (C=O) groups is 1. The smallest absolute Gasteiger partial charge is 0.255 e. The number of nitrogens with zero attached hydrogens (tertiary/aromatic N) is 2. The summed E-state index contributed by atoms with van der Waals surface area (Å²) in [6.45, 7) is 2.58. The number of hydrogen-bond donors (Lipinski definition) is 1. The van der Waals surface area contributed by atoms with Crippen molar-refractivity contribution in [3.05, 3.63) is 83.8 Å². The first-order valence-corrected chi connectivity index (χ1v) is 9.53. The van der Waals surface area contributed by atoms with Crippen LogP contribution < -0.4 is 19.5 Å². The number of hydrogen-bond acceptors (Lipinski definition) is 5. The molecule has 0 aliphatic carbocycles. The highest BCUT2D eigenvalue weighted by atomic mass is 16.7. The monoisotopic (exact) mass is 401 g/mol. The Kier molecular flexibility index (Phi) is 4.48. The van der Waals surface area contributed by atoms with Crippen LogP contribution in [-0.4, -0.2) is 22.1 Å². The van der Waals surface area contributed by atoms with E-state index in [-0.39, 0.29) is 12.7 Å². The van der Waals surface area contributed by atoms with Crippen LogP contribution in [0.25, 0.3) is 5.65 Å². The Hall–Kier alpha value is -4.00. The lowest BCUT2D eigenvalue weighted by atomic mass is 10.2. The van der Waals surface area contributed by atoms with E-state index < -0.39 is 0 Å². The highest BCUT2D eigenvalue weighted by molar-refractivity contribution is 6.04. The third-order valence-corrected chi connectivity index (χ3v) is 4.86. The van der Waals surface area contributed by atoms with Crippen molar-refractivity contribution < 1.29 is 19.0 Å². The van der Waals surface area contributed by atoms with E-state index >= 15 is 0 Å². The van der Waals surface area contributed by atoms with Crippen molar-refractivity contribution in [1.29, 1.82) is 0 Å². The van der Waals surface area contributed by atoms with Crippen molar-refractivity contribution in [2.75, 3.05) is 12.1 Å². The zero-order chi connectivity index (χ0) is 20.5. The summed E-state index contributed by atoms with van der Waals surface area (Å²) in [7, 11) is 0. The molecule has 0 radical (unpaired) electrons. The number of rotatable bonds is 5. The van der Waals surface area contributed by atoms with Gasteiger partial charge in [-0.15, -0.1) is 0 Å². The molecule has 2 aromatic heterocycles. The summed E-state index contributed by atoms with van der Waals surface area (Å²) in [4.78, 5) is 17.1. The van der Waals surface area contributed by atoms with Crippen molar-refractivity contribution in [2.24, 2.45) is 0 Å². The molecule has 1 aliphatic rings. The van der Waals surface area contributed by atoms with Gasteiger partial charge in [-0.3, -0.25) is 4.79 Å². The van der Waals surface area contributed by atoms with Crippen molar-refractivity contribution in [3.8, 4) is 17.2 Å². The summed E-state index contributed by atoms with van der Waals surface area (Å²) >= 11 is 0. The Bertz CT molecular complexity index is 1230. The molecule has 7 nitrogen and oxygen atoms in total. The van der Waals surface area contributed by atoms with Crippen LogP contribution in [-0.2, 0) is 6.61 Å². The molecule has 1 aliphatic heterocycles. The van der Waals surface area contributed by atoms with Crippen LogP contribution >= 0.6 is 0 Å². The first kappa shape index (κ1) is 18.1. The Morgan fingerprint density at radius 3 is 2.80 bits per heavy atom. The molecule has 150 valence electrons. The van der Waals surface area contributed by atoms with Crippen LogP contribution in [0.4, 0.5) is 5.69 Å². The minimum absolute atomic E-state index is 0.197. The van der Waals surface area contributed by atoms with Gasteiger partial charge in [-0.1, -0.05) is 6.07 Å². The number of amides is 1. The number of aromatic nitrogens is 2. The third kappa shape index (κ3) is 3.53. The van der Waals surface area contributed by atoms with E-state index in [0.717, 1.165) is 16.9 Å². The molecule has 0 bridgehead atoms. The number of ether oxygens (including phenoxy) is 3. The third-order valence-electron chi connectivity index (χ3n) is 4.86. The molecular weight excluding hydrogens is 382 g/mol. The van der Waals surface area contributed by atoms with Gasteiger partial charge in [0.25, 0.3) is 5.91 Å². The minimum atomic E-state index is -0.212. The molecule has 1 amide bonds. The van der Waals surface area contributed by atoms with E-state index in [2.05, 4.69) is 10.3 Å². The molecule has 4 aromatic rings. The lowest BCUT2D eigenvalue weighted by Gasteiger charge is -2.08. The molecule has 0 unspecified atom stereocenters. The Labute approximate surface area is 172 Å². The fourth-order valence-corrected chi connectivity index (χ4v) is 3.31. The van der Waals surface area contributed by atoms with Crippen LogP contribution in [0.15, 0.2) is 67.0 Å². The first-order chi connectivity index (χ1) is 14.7. The molecule has 30 heavy (non-hydrogen) atoms. The molecule has 1 N–H and O–H groups in total. The summed E-state index contributed by atoms with van der Waals surface area (Å²) in [6.07, 6.45) is 3.92. The number of pyridine rings is 1. The Balaban J connectivity index is 1.22.